The Hall–Kier alpha value is -1.82. The fourth-order valence-electron chi connectivity index (χ4n) is 2.36. The molecule has 21 heavy (non-hydrogen) atoms. The Balaban J connectivity index is 2.07. The molecule has 7 heteroatoms. The molecule has 1 unspecified atom stereocenters. The number of hydrogen-bond acceptors (Lipinski definition) is 4. The van der Waals surface area contributed by atoms with Crippen molar-refractivity contribution in [3.05, 3.63) is 28.3 Å². The summed E-state index contributed by atoms with van der Waals surface area (Å²) >= 11 is 6.37. The first-order valence-electron chi connectivity index (χ1n) is 7.07. The van der Waals surface area contributed by atoms with Gasteiger partial charge in [-0.15, -0.1) is 11.6 Å². The zero-order valence-electron chi connectivity index (χ0n) is 12.1. The lowest BCUT2D eigenvalue weighted by Gasteiger charge is -2.19. The Morgan fingerprint density at radius 3 is 2.76 bits per heavy atom. The molecule has 114 valence electrons. The molecule has 6 nitrogen and oxygen atoms in total. The van der Waals surface area contributed by atoms with E-state index in [1.807, 2.05) is 0 Å². The van der Waals surface area contributed by atoms with Crippen molar-refractivity contribution in [3.8, 4) is 0 Å². The summed E-state index contributed by atoms with van der Waals surface area (Å²) in [5.41, 5.74) is 1.38. The standard InChI is InChI=1S/C14H19ClN4O2/c1-3-9(4-2)11(15)8-16-14-17-12-6-5-10(19(20)21)7-13(12)18-14/h5-7,9,11H,3-4,8H2,1-2H3,(H2,16,17,18). The van der Waals surface area contributed by atoms with Crippen LogP contribution in [-0.2, 0) is 0 Å². The van der Waals surface area contributed by atoms with Gasteiger partial charge in [0.05, 0.1) is 21.3 Å². The van der Waals surface area contributed by atoms with Gasteiger partial charge < -0.3 is 10.3 Å². The maximum Gasteiger partial charge on any atom is 0.271 e. The van der Waals surface area contributed by atoms with Crippen molar-refractivity contribution in [1.29, 1.82) is 0 Å². The molecule has 0 amide bonds. The molecule has 1 heterocycles. The second-order valence-corrected chi connectivity index (χ2v) is 5.58. The minimum Gasteiger partial charge on any atom is -0.354 e. The largest absolute Gasteiger partial charge is 0.354 e. The van der Waals surface area contributed by atoms with Crippen molar-refractivity contribution in [1.82, 2.24) is 9.97 Å². The first-order chi connectivity index (χ1) is 10.0. The van der Waals surface area contributed by atoms with E-state index in [0.717, 1.165) is 12.8 Å². The monoisotopic (exact) mass is 310 g/mol. The Bertz CT molecular complexity index is 624. The average Bonchev–Trinajstić information content (AvgIpc) is 2.88. The van der Waals surface area contributed by atoms with Crippen LogP contribution in [0, 0.1) is 16.0 Å². The summed E-state index contributed by atoms with van der Waals surface area (Å²) in [6.45, 7) is 4.86. The van der Waals surface area contributed by atoms with Gasteiger partial charge in [-0.25, -0.2) is 4.98 Å². The molecule has 1 aromatic carbocycles. The van der Waals surface area contributed by atoms with Crippen LogP contribution in [0.1, 0.15) is 26.7 Å². The second kappa shape index (κ2) is 6.76. The quantitative estimate of drug-likeness (QED) is 0.461. The predicted octanol–water partition coefficient (Wildman–Crippen LogP) is 3.93. The van der Waals surface area contributed by atoms with Crippen molar-refractivity contribution in [3.63, 3.8) is 0 Å². The van der Waals surface area contributed by atoms with Gasteiger partial charge in [0.25, 0.3) is 5.69 Å². The number of fused-ring (bicyclic) bond motifs is 1. The molecule has 2 aromatic rings. The molecule has 0 bridgehead atoms. The number of aromatic amines is 1. The van der Waals surface area contributed by atoms with Crippen LogP contribution >= 0.6 is 11.6 Å². The molecule has 2 N–H and O–H groups in total. The third-order valence-corrected chi connectivity index (χ3v) is 4.21. The number of alkyl halides is 1. The number of benzene rings is 1. The number of H-pyrrole nitrogens is 1. The molecule has 2 rings (SSSR count). The molecule has 0 aliphatic rings. The summed E-state index contributed by atoms with van der Waals surface area (Å²) in [5, 5.41) is 13.9. The van der Waals surface area contributed by atoms with Gasteiger partial charge in [0, 0.05) is 18.7 Å². The normalized spacial score (nSPS) is 12.8. The highest BCUT2D eigenvalue weighted by molar-refractivity contribution is 6.21. The zero-order chi connectivity index (χ0) is 15.4. The van der Waals surface area contributed by atoms with Crippen LogP contribution in [0.3, 0.4) is 0 Å². The number of halogens is 1. The van der Waals surface area contributed by atoms with Gasteiger partial charge in [-0.3, -0.25) is 10.1 Å². The molecule has 1 aromatic heterocycles. The Morgan fingerprint density at radius 2 is 2.14 bits per heavy atom. The first kappa shape index (κ1) is 15.6. The fraction of sp³-hybridized carbons (Fsp3) is 0.500. The fourth-order valence-corrected chi connectivity index (χ4v) is 2.79. The Morgan fingerprint density at radius 1 is 1.43 bits per heavy atom. The van der Waals surface area contributed by atoms with Crippen LogP contribution in [-0.4, -0.2) is 26.8 Å². The number of aromatic nitrogens is 2. The smallest absolute Gasteiger partial charge is 0.271 e. The third-order valence-electron chi connectivity index (χ3n) is 3.70. The zero-order valence-corrected chi connectivity index (χ0v) is 12.9. The number of nitrogens with zero attached hydrogens (tertiary/aromatic N) is 2. The lowest BCUT2D eigenvalue weighted by molar-refractivity contribution is -0.384. The van der Waals surface area contributed by atoms with E-state index in [1.165, 1.54) is 12.1 Å². The predicted molar refractivity (Wildman–Crippen MR) is 85.0 cm³/mol. The molecule has 0 aliphatic carbocycles. The van der Waals surface area contributed by atoms with Gasteiger partial charge >= 0.3 is 0 Å². The highest BCUT2D eigenvalue weighted by Gasteiger charge is 2.16. The maximum atomic E-state index is 10.7. The Kier molecular flexibility index (Phi) is 5.01. The SMILES string of the molecule is CCC(CC)C(Cl)CNc1nc2ccc([N+](=O)[O-])cc2[nH]1. The third kappa shape index (κ3) is 3.64. The number of nitro benzene ring substituents is 1. The number of imidazole rings is 1. The van der Waals surface area contributed by atoms with E-state index in [2.05, 4.69) is 29.1 Å². The molecule has 1 atom stereocenters. The number of nitrogens with one attached hydrogen (secondary N) is 2. The van der Waals surface area contributed by atoms with Crippen LogP contribution in [0.15, 0.2) is 18.2 Å². The van der Waals surface area contributed by atoms with E-state index in [4.69, 9.17) is 11.6 Å². The average molecular weight is 311 g/mol. The van der Waals surface area contributed by atoms with Crippen molar-refractivity contribution < 1.29 is 4.92 Å². The van der Waals surface area contributed by atoms with Gasteiger partial charge in [-0.2, -0.15) is 0 Å². The topological polar surface area (TPSA) is 83.8 Å². The second-order valence-electron chi connectivity index (χ2n) is 5.02. The molecule has 0 spiro atoms. The minimum absolute atomic E-state index is 0.0301. The van der Waals surface area contributed by atoms with E-state index in [1.54, 1.807) is 6.07 Å². The lowest BCUT2D eigenvalue weighted by Crippen LogP contribution is -2.23. The lowest BCUT2D eigenvalue weighted by atomic mass is 9.99. The number of nitro groups is 1. The van der Waals surface area contributed by atoms with Crippen LogP contribution in [0.2, 0.25) is 0 Å². The molecular weight excluding hydrogens is 292 g/mol. The minimum atomic E-state index is -0.421. The summed E-state index contributed by atoms with van der Waals surface area (Å²) in [6.07, 6.45) is 2.08. The van der Waals surface area contributed by atoms with Crippen molar-refractivity contribution in [2.75, 3.05) is 11.9 Å². The summed E-state index contributed by atoms with van der Waals surface area (Å²) in [5.74, 6) is 1.05. The van der Waals surface area contributed by atoms with E-state index in [-0.39, 0.29) is 11.1 Å². The number of hydrogen-bond donors (Lipinski definition) is 2. The number of non-ortho nitro benzene ring substituents is 1. The van der Waals surface area contributed by atoms with Crippen LogP contribution in [0.4, 0.5) is 11.6 Å². The van der Waals surface area contributed by atoms with E-state index in [0.29, 0.717) is 29.4 Å². The summed E-state index contributed by atoms with van der Waals surface area (Å²) in [6, 6.07) is 4.56. The Labute approximate surface area is 128 Å². The number of anilines is 1. The summed E-state index contributed by atoms with van der Waals surface area (Å²) < 4.78 is 0. The summed E-state index contributed by atoms with van der Waals surface area (Å²) in [7, 11) is 0. The molecular formula is C14H19ClN4O2. The van der Waals surface area contributed by atoms with Crippen molar-refractivity contribution in [2.24, 2.45) is 5.92 Å². The number of rotatable bonds is 7. The van der Waals surface area contributed by atoms with E-state index >= 15 is 0 Å². The molecule has 0 fully saturated rings. The molecule has 0 aliphatic heterocycles. The van der Waals surface area contributed by atoms with Gasteiger partial charge in [0.2, 0.25) is 5.95 Å². The first-order valence-corrected chi connectivity index (χ1v) is 7.50. The highest BCUT2D eigenvalue weighted by atomic mass is 35.5. The van der Waals surface area contributed by atoms with Crippen molar-refractivity contribution >= 4 is 34.3 Å². The van der Waals surface area contributed by atoms with Gasteiger partial charge in [-0.05, 0) is 12.0 Å². The van der Waals surface area contributed by atoms with E-state index < -0.39 is 4.92 Å². The maximum absolute atomic E-state index is 10.7. The van der Waals surface area contributed by atoms with Crippen LogP contribution < -0.4 is 5.32 Å². The van der Waals surface area contributed by atoms with Crippen LogP contribution in [0.25, 0.3) is 11.0 Å². The summed E-state index contributed by atoms with van der Waals surface area (Å²) in [4.78, 5) is 17.7. The molecule has 0 radical (unpaired) electrons. The van der Waals surface area contributed by atoms with Gasteiger partial charge in [-0.1, -0.05) is 26.7 Å². The van der Waals surface area contributed by atoms with E-state index in [9.17, 15) is 10.1 Å². The molecule has 0 saturated carbocycles. The van der Waals surface area contributed by atoms with Crippen LogP contribution in [0.5, 0.6) is 0 Å². The van der Waals surface area contributed by atoms with Gasteiger partial charge in [0.1, 0.15) is 0 Å². The highest BCUT2D eigenvalue weighted by Crippen LogP contribution is 2.22. The van der Waals surface area contributed by atoms with Gasteiger partial charge in [0.15, 0.2) is 0 Å². The molecule has 0 saturated heterocycles. The van der Waals surface area contributed by atoms with Crippen molar-refractivity contribution in [2.45, 2.75) is 32.1 Å².